The van der Waals surface area contributed by atoms with Crippen molar-refractivity contribution in [1.29, 1.82) is 0 Å². The Kier molecular flexibility index (Phi) is 13.0. The Bertz CT molecular complexity index is 811. The van der Waals surface area contributed by atoms with Crippen LogP contribution >= 0.6 is 15.9 Å². The Hall–Kier alpha value is -2.06. The van der Waals surface area contributed by atoms with E-state index in [2.05, 4.69) is 52.3 Å². The number of alkyl halides is 1. The maximum atomic E-state index is 6.69. The predicted molar refractivity (Wildman–Crippen MR) is 142 cm³/mol. The van der Waals surface area contributed by atoms with E-state index >= 15 is 0 Å². The molecule has 0 bridgehead atoms. The minimum atomic E-state index is -0.723. The van der Waals surface area contributed by atoms with Crippen molar-refractivity contribution in [2.45, 2.75) is 5.60 Å². The van der Waals surface area contributed by atoms with Crippen LogP contribution in [0.15, 0.2) is 91.0 Å². The van der Waals surface area contributed by atoms with E-state index in [9.17, 15) is 0 Å². The van der Waals surface area contributed by atoms with Gasteiger partial charge in [-0.15, -0.1) is 0 Å². The van der Waals surface area contributed by atoms with Gasteiger partial charge in [0.1, 0.15) is 5.60 Å². The highest BCUT2D eigenvalue weighted by Crippen LogP contribution is 2.40. The zero-order valence-electron chi connectivity index (χ0n) is 20.2. The Morgan fingerprint density at radius 1 is 0.429 bits per heavy atom. The summed E-state index contributed by atoms with van der Waals surface area (Å²) < 4.78 is 28.9. The van der Waals surface area contributed by atoms with Crippen molar-refractivity contribution in [3.05, 3.63) is 108 Å². The standard InChI is InChI=1S/C29H35BrO5/c30-16-17-31-18-19-32-20-21-33-22-23-34-24-25-35-29(26-10-4-1-5-11-26,27-12-6-2-7-13-27)28-14-8-3-9-15-28/h1-15H,16-25H2. The van der Waals surface area contributed by atoms with Gasteiger partial charge < -0.3 is 23.7 Å². The van der Waals surface area contributed by atoms with Crippen LogP contribution in [0.25, 0.3) is 0 Å². The Balaban J connectivity index is 1.49. The molecular weight excluding hydrogens is 508 g/mol. The van der Waals surface area contributed by atoms with Gasteiger partial charge in [-0.2, -0.15) is 0 Å². The molecule has 0 fully saturated rings. The van der Waals surface area contributed by atoms with E-state index in [1.54, 1.807) is 0 Å². The molecule has 0 saturated heterocycles. The zero-order chi connectivity index (χ0) is 24.4. The monoisotopic (exact) mass is 542 g/mol. The highest BCUT2D eigenvalue weighted by molar-refractivity contribution is 9.09. The first-order chi connectivity index (χ1) is 17.4. The highest BCUT2D eigenvalue weighted by Gasteiger charge is 2.37. The fraction of sp³-hybridized carbons (Fsp3) is 0.379. The molecular formula is C29H35BrO5. The molecule has 0 saturated carbocycles. The van der Waals surface area contributed by atoms with Gasteiger partial charge in [0.2, 0.25) is 0 Å². The van der Waals surface area contributed by atoms with Gasteiger partial charge in [0, 0.05) is 5.33 Å². The molecule has 6 heteroatoms. The van der Waals surface area contributed by atoms with Gasteiger partial charge in [-0.1, -0.05) is 107 Å². The molecule has 188 valence electrons. The number of hydrogen-bond donors (Lipinski definition) is 0. The fourth-order valence-electron chi connectivity index (χ4n) is 3.84. The number of halogens is 1. The molecule has 0 N–H and O–H groups in total. The summed E-state index contributed by atoms with van der Waals surface area (Å²) in [7, 11) is 0. The average Bonchev–Trinajstić information content (AvgIpc) is 2.93. The SMILES string of the molecule is BrCCOCCOCCOCCOCCOC(c1ccccc1)(c1ccccc1)c1ccccc1. The molecule has 5 nitrogen and oxygen atoms in total. The van der Waals surface area contributed by atoms with Crippen LogP contribution in [-0.4, -0.2) is 64.8 Å². The van der Waals surface area contributed by atoms with Crippen LogP contribution in [0.5, 0.6) is 0 Å². The number of ether oxygens (including phenoxy) is 5. The van der Waals surface area contributed by atoms with E-state index in [0.29, 0.717) is 59.5 Å². The molecule has 0 aromatic heterocycles. The first-order valence-electron chi connectivity index (χ1n) is 12.1. The molecule has 0 radical (unpaired) electrons. The summed E-state index contributed by atoms with van der Waals surface area (Å²) in [6, 6.07) is 31.1. The molecule has 0 aliphatic carbocycles. The van der Waals surface area contributed by atoms with E-state index < -0.39 is 5.60 Å². The van der Waals surface area contributed by atoms with Crippen molar-refractivity contribution >= 4 is 15.9 Å². The van der Waals surface area contributed by atoms with Crippen LogP contribution in [0.2, 0.25) is 0 Å². The van der Waals surface area contributed by atoms with Crippen LogP contribution in [0, 0.1) is 0 Å². The van der Waals surface area contributed by atoms with Crippen LogP contribution in [0.3, 0.4) is 0 Å². The third kappa shape index (κ3) is 8.83. The van der Waals surface area contributed by atoms with Crippen molar-refractivity contribution in [3.8, 4) is 0 Å². The van der Waals surface area contributed by atoms with Gasteiger partial charge in [0.05, 0.1) is 59.5 Å². The predicted octanol–water partition coefficient (Wildman–Crippen LogP) is 5.46. The minimum Gasteiger partial charge on any atom is -0.378 e. The highest BCUT2D eigenvalue weighted by atomic mass is 79.9. The summed E-state index contributed by atoms with van der Waals surface area (Å²) in [6.45, 7) is 4.91. The fourth-order valence-corrected chi connectivity index (χ4v) is 4.07. The Labute approximate surface area is 217 Å². The second-order valence-electron chi connectivity index (χ2n) is 7.77. The van der Waals surface area contributed by atoms with Gasteiger partial charge in [-0.05, 0) is 16.7 Å². The van der Waals surface area contributed by atoms with Crippen LogP contribution in [0.4, 0.5) is 0 Å². The summed E-state index contributed by atoms with van der Waals surface area (Å²) >= 11 is 3.32. The molecule has 0 aliphatic heterocycles. The van der Waals surface area contributed by atoms with E-state index in [-0.39, 0.29) is 0 Å². The van der Waals surface area contributed by atoms with Crippen molar-refractivity contribution in [2.75, 3.05) is 64.8 Å². The second-order valence-corrected chi connectivity index (χ2v) is 8.56. The lowest BCUT2D eigenvalue weighted by molar-refractivity contribution is -0.0382. The third-order valence-electron chi connectivity index (χ3n) is 5.42. The Morgan fingerprint density at radius 3 is 1.09 bits per heavy atom. The largest absolute Gasteiger partial charge is 0.378 e. The minimum absolute atomic E-state index is 0.441. The molecule has 0 heterocycles. The van der Waals surface area contributed by atoms with E-state index in [1.165, 1.54) is 0 Å². The van der Waals surface area contributed by atoms with Crippen molar-refractivity contribution in [1.82, 2.24) is 0 Å². The first-order valence-corrected chi connectivity index (χ1v) is 13.2. The van der Waals surface area contributed by atoms with E-state index in [4.69, 9.17) is 23.7 Å². The zero-order valence-corrected chi connectivity index (χ0v) is 21.7. The molecule has 35 heavy (non-hydrogen) atoms. The quantitative estimate of drug-likeness (QED) is 0.121. The van der Waals surface area contributed by atoms with Crippen molar-refractivity contribution in [2.24, 2.45) is 0 Å². The van der Waals surface area contributed by atoms with Crippen LogP contribution < -0.4 is 0 Å². The number of benzene rings is 3. The molecule has 0 unspecified atom stereocenters. The topological polar surface area (TPSA) is 46.2 Å². The number of rotatable bonds is 18. The van der Waals surface area contributed by atoms with Gasteiger partial charge in [0.15, 0.2) is 0 Å². The Morgan fingerprint density at radius 2 is 0.743 bits per heavy atom. The van der Waals surface area contributed by atoms with Gasteiger partial charge in [-0.3, -0.25) is 0 Å². The van der Waals surface area contributed by atoms with Crippen LogP contribution in [-0.2, 0) is 29.3 Å². The van der Waals surface area contributed by atoms with Crippen molar-refractivity contribution in [3.63, 3.8) is 0 Å². The van der Waals surface area contributed by atoms with Gasteiger partial charge >= 0.3 is 0 Å². The van der Waals surface area contributed by atoms with Crippen molar-refractivity contribution < 1.29 is 23.7 Å². The summed E-state index contributed by atoms with van der Waals surface area (Å²) in [4.78, 5) is 0. The second kappa shape index (κ2) is 16.6. The first kappa shape index (κ1) is 27.5. The molecule has 0 amide bonds. The number of hydrogen-bond acceptors (Lipinski definition) is 5. The molecule has 0 spiro atoms. The average molecular weight is 543 g/mol. The molecule has 3 aromatic carbocycles. The third-order valence-corrected chi connectivity index (χ3v) is 5.75. The lowest BCUT2D eigenvalue weighted by atomic mass is 9.80. The van der Waals surface area contributed by atoms with Gasteiger partial charge in [0.25, 0.3) is 0 Å². The molecule has 3 aromatic rings. The maximum absolute atomic E-state index is 6.69. The van der Waals surface area contributed by atoms with Gasteiger partial charge in [-0.25, -0.2) is 0 Å². The van der Waals surface area contributed by atoms with E-state index in [1.807, 2.05) is 54.6 Å². The summed E-state index contributed by atoms with van der Waals surface area (Å²) in [5.74, 6) is 0. The smallest absolute Gasteiger partial charge is 0.143 e. The lowest BCUT2D eigenvalue weighted by Crippen LogP contribution is -2.34. The maximum Gasteiger partial charge on any atom is 0.143 e. The lowest BCUT2D eigenvalue weighted by Gasteiger charge is -2.36. The molecule has 3 rings (SSSR count). The summed E-state index contributed by atoms with van der Waals surface area (Å²) in [5, 5.41) is 0.840. The summed E-state index contributed by atoms with van der Waals surface area (Å²) in [6.07, 6.45) is 0. The summed E-state index contributed by atoms with van der Waals surface area (Å²) in [5.41, 5.74) is 2.52. The normalized spacial score (nSPS) is 11.6. The molecule has 0 atom stereocenters. The van der Waals surface area contributed by atoms with Crippen LogP contribution in [0.1, 0.15) is 16.7 Å². The van der Waals surface area contributed by atoms with E-state index in [0.717, 1.165) is 22.0 Å². The molecule has 0 aliphatic rings.